The Labute approximate surface area is 83.2 Å². The molecule has 0 aliphatic heterocycles. The number of hydrogen-bond donors (Lipinski definition) is 0. The number of ketones is 1. The summed E-state index contributed by atoms with van der Waals surface area (Å²) in [5, 5.41) is 0. The van der Waals surface area contributed by atoms with Crippen LogP contribution in [0.2, 0.25) is 0 Å². The molecule has 0 aromatic heterocycles. The van der Waals surface area contributed by atoms with Crippen LogP contribution in [0.4, 0.5) is 0 Å². The fourth-order valence-electron chi connectivity index (χ4n) is 1.63. The van der Waals surface area contributed by atoms with Crippen LogP contribution >= 0.6 is 0 Å². The third kappa shape index (κ3) is 1.43. The molecule has 2 heteroatoms. The molecule has 0 saturated heterocycles. The average molecular weight is 188 g/mol. The van der Waals surface area contributed by atoms with Crippen molar-refractivity contribution in [3.63, 3.8) is 0 Å². The number of allylic oxidation sites excluding steroid dienone is 1. The maximum Gasteiger partial charge on any atom is 0.192 e. The summed E-state index contributed by atoms with van der Waals surface area (Å²) in [6, 6.07) is 7.69. The van der Waals surface area contributed by atoms with Crippen molar-refractivity contribution in [3.05, 3.63) is 47.2 Å². The highest BCUT2D eigenvalue weighted by Crippen LogP contribution is 2.25. The van der Waals surface area contributed by atoms with E-state index in [9.17, 15) is 4.79 Å². The maximum absolute atomic E-state index is 11.8. The summed E-state index contributed by atoms with van der Waals surface area (Å²) in [6.07, 6.45) is 2.29. The average Bonchev–Trinajstić information content (AvgIpc) is 2.54. The normalized spacial score (nSPS) is 17.2. The van der Waals surface area contributed by atoms with Crippen LogP contribution < -0.4 is 0 Å². The Morgan fingerprint density at radius 2 is 2.21 bits per heavy atom. The molecule has 0 heterocycles. The van der Waals surface area contributed by atoms with Gasteiger partial charge in [-0.15, -0.1) is 0 Å². The number of carbonyl (C=O) groups excluding carboxylic acids is 1. The Balaban J connectivity index is 2.30. The van der Waals surface area contributed by atoms with Crippen LogP contribution in [0.25, 0.3) is 0 Å². The van der Waals surface area contributed by atoms with Crippen molar-refractivity contribution in [2.45, 2.75) is 13.3 Å². The minimum atomic E-state index is 0.106. The predicted molar refractivity (Wildman–Crippen MR) is 54.2 cm³/mol. The third-order valence-corrected chi connectivity index (χ3v) is 2.33. The first-order valence-corrected chi connectivity index (χ1v) is 4.76. The molecule has 0 bridgehead atoms. The van der Waals surface area contributed by atoms with Crippen LogP contribution in [0, 0.1) is 0 Å². The molecular formula is C12H12O2. The third-order valence-electron chi connectivity index (χ3n) is 2.33. The van der Waals surface area contributed by atoms with Crippen molar-refractivity contribution in [1.82, 2.24) is 0 Å². The Morgan fingerprint density at radius 3 is 2.93 bits per heavy atom. The lowest BCUT2D eigenvalue weighted by atomic mass is 10.1. The van der Waals surface area contributed by atoms with E-state index in [1.807, 2.05) is 31.2 Å². The number of Topliss-reactive ketones (excluding diaryl/α,β-unsaturated/α-hetero) is 1. The molecule has 0 radical (unpaired) electrons. The first kappa shape index (κ1) is 9.00. The standard InChI is InChI=1S/C12H12O2/c1-2-14-8-10-7-9-5-3-4-6-11(9)12(10)13/h3-6,8H,2,7H2,1H3/b10-8-. The van der Waals surface area contributed by atoms with Crippen molar-refractivity contribution >= 4 is 5.78 Å². The number of rotatable bonds is 2. The zero-order valence-corrected chi connectivity index (χ0v) is 8.12. The molecule has 2 nitrogen and oxygen atoms in total. The Morgan fingerprint density at radius 1 is 1.43 bits per heavy atom. The number of hydrogen-bond acceptors (Lipinski definition) is 2. The van der Waals surface area contributed by atoms with Crippen LogP contribution in [-0.4, -0.2) is 12.4 Å². The lowest BCUT2D eigenvalue weighted by molar-refractivity contribution is 0.103. The molecule has 2 rings (SSSR count). The molecule has 0 unspecified atom stereocenters. The Hall–Kier alpha value is -1.57. The minimum Gasteiger partial charge on any atom is -0.501 e. The minimum absolute atomic E-state index is 0.106. The highest BCUT2D eigenvalue weighted by molar-refractivity contribution is 6.12. The molecule has 1 aromatic carbocycles. The first-order valence-electron chi connectivity index (χ1n) is 4.76. The first-order chi connectivity index (χ1) is 6.83. The van der Waals surface area contributed by atoms with Gasteiger partial charge in [-0.1, -0.05) is 24.3 Å². The lowest BCUT2D eigenvalue weighted by Gasteiger charge is -1.95. The van der Waals surface area contributed by atoms with Gasteiger partial charge in [-0.2, -0.15) is 0 Å². The number of fused-ring (bicyclic) bond motifs is 1. The van der Waals surface area contributed by atoms with E-state index in [0.29, 0.717) is 13.0 Å². The van der Waals surface area contributed by atoms with Gasteiger partial charge in [-0.25, -0.2) is 0 Å². The second kappa shape index (κ2) is 3.66. The molecular weight excluding hydrogens is 176 g/mol. The molecule has 14 heavy (non-hydrogen) atoms. The summed E-state index contributed by atoms with van der Waals surface area (Å²) in [4.78, 5) is 11.8. The maximum atomic E-state index is 11.8. The van der Waals surface area contributed by atoms with Crippen LogP contribution in [0.5, 0.6) is 0 Å². The molecule has 0 amide bonds. The quantitative estimate of drug-likeness (QED) is 0.526. The van der Waals surface area contributed by atoms with E-state index in [4.69, 9.17) is 4.74 Å². The fourth-order valence-corrected chi connectivity index (χ4v) is 1.63. The molecule has 0 saturated carbocycles. The zero-order chi connectivity index (χ0) is 9.97. The van der Waals surface area contributed by atoms with E-state index >= 15 is 0 Å². The van der Waals surface area contributed by atoms with Crippen molar-refractivity contribution in [2.24, 2.45) is 0 Å². The summed E-state index contributed by atoms with van der Waals surface area (Å²) < 4.78 is 5.14. The highest BCUT2D eigenvalue weighted by atomic mass is 16.5. The molecule has 0 spiro atoms. The van der Waals surface area contributed by atoms with E-state index in [-0.39, 0.29) is 5.78 Å². The molecule has 0 N–H and O–H groups in total. The van der Waals surface area contributed by atoms with Gasteiger partial charge in [0.25, 0.3) is 0 Å². The smallest absolute Gasteiger partial charge is 0.192 e. The summed E-state index contributed by atoms with van der Waals surface area (Å²) in [5.41, 5.74) is 2.68. The summed E-state index contributed by atoms with van der Waals surface area (Å²) in [6.45, 7) is 2.51. The van der Waals surface area contributed by atoms with E-state index < -0.39 is 0 Å². The zero-order valence-electron chi connectivity index (χ0n) is 8.12. The van der Waals surface area contributed by atoms with Gasteiger partial charge in [0.2, 0.25) is 0 Å². The molecule has 1 aliphatic carbocycles. The predicted octanol–water partition coefficient (Wildman–Crippen LogP) is 2.35. The largest absolute Gasteiger partial charge is 0.501 e. The van der Waals surface area contributed by atoms with Crippen LogP contribution in [-0.2, 0) is 11.2 Å². The fraction of sp³-hybridized carbons (Fsp3) is 0.250. The van der Waals surface area contributed by atoms with E-state index in [2.05, 4.69) is 0 Å². The van der Waals surface area contributed by atoms with Crippen molar-refractivity contribution in [2.75, 3.05) is 6.61 Å². The number of benzene rings is 1. The van der Waals surface area contributed by atoms with E-state index in [1.165, 1.54) is 0 Å². The topological polar surface area (TPSA) is 26.3 Å². The summed E-state index contributed by atoms with van der Waals surface area (Å²) >= 11 is 0. The Bertz CT molecular complexity index is 391. The molecule has 72 valence electrons. The van der Waals surface area contributed by atoms with Crippen LogP contribution in [0.1, 0.15) is 22.8 Å². The van der Waals surface area contributed by atoms with Gasteiger partial charge in [0.05, 0.1) is 12.9 Å². The van der Waals surface area contributed by atoms with E-state index in [1.54, 1.807) is 6.26 Å². The number of ether oxygens (including phenoxy) is 1. The molecule has 0 fully saturated rings. The molecule has 0 atom stereocenters. The lowest BCUT2D eigenvalue weighted by Crippen LogP contribution is -1.96. The van der Waals surface area contributed by atoms with Crippen molar-refractivity contribution in [1.29, 1.82) is 0 Å². The van der Waals surface area contributed by atoms with Gasteiger partial charge in [0.1, 0.15) is 0 Å². The van der Waals surface area contributed by atoms with Crippen LogP contribution in [0.15, 0.2) is 36.1 Å². The van der Waals surface area contributed by atoms with Gasteiger partial charge in [0, 0.05) is 17.6 Å². The monoisotopic (exact) mass is 188 g/mol. The summed E-state index contributed by atoms with van der Waals surface area (Å²) in [7, 11) is 0. The second-order valence-electron chi connectivity index (χ2n) is 3.26. The molecule has 1 aliphatic rings. The SMILES string of the molecule is CCO/C=C1/Cc2ccccc2C1=O. The Kier molecular flexibility index (Phi) is 2.35. The van der Waals surface area contributed by atoms with Gasteiger partial charge in [-0.3, -0.25) is 4.79 Å². The number of carbonyl (C=O) groups is 1. The second-order valence-corrected chi connectivity index (χ2v) is 3.26. The molecule has 1 aromatic rings. The van der Waals surface area contributed by atoms with Gasteiger partial charge >= 0.3 is 0 Å². The van der Waals surface area contributed by atoms with Gasteiger partial charge < -0.3 is 4.74 Å². The van der Waals surface area contributed by atoms with Crippen LogP contribution in [0.3, 0.4) is 0 Å². The van der Waals surface area contributed by atoms with E-state index in [0.717, 1.165) is 16.7 Å². The van der Waals surface area contributed by atoms with Gasteiger partial charge in [-0.05, 0) is 12.5 Å². The van der Waals surface area contributed by atoms with Gasteiger partial charge in [0.15, 0.2) is 5.78 Å². The highest BCUT2D eigenvalue weighted by Gasteiger charge is 2.24. The summed E-state index contributed by atoms with van der Waals surface area (Å²) in [5.74, 6) is 0.106. The van der Waals surface area contributed by atoms with Crippen molar-refractivity contribution in [3.8, 4) is 0 Å². The van der Waals surface area contributed by atoms with Crippen molar-refractivity contribution < 1.29 is 9.53 Å².